The molecule has 1 aliphatic heterocycles. The van der Waals surface area contributed by atoms with Crippen LogP contribution in [0.1, 0.15) is 59.3 Å². The summed E-state index contributed by atoms with van der Waals surface area (Å²) >= 11 is 3.68. The Kier molecular flexibility index (Phi) is 5.35. The highest BCUT2D eigenvalue weighted by molar-refractivity contribution is 9.09. The van der Waals surface area contributed by atoms with E-state index in [9.17, 15) is 0 Å². The van der Waals surface area contributed by atoms with Gasteiger partial charge in [-0.3, -0.25) is 0 Å². The van der Waals surface area contributed by atoms with Crippen molar-refractivity contribution in [3.8, 4) is 0 Å². The lowest BCUT2D eigenvalue weighted by Gasteiger charge is -2.43. The summed E-state index contributed by atoms with van der Waals surface area (Å²) in [4.78, 5) is 0. The Bertz CT molecular complexity index is 271. The second-order valence-electron chi connectivity index (χ2n) is 7.40. The first kappa shape index (κ1) is 15.8. The van der Waals surface area contributed by atoms with E-state index in [0.29, 0.717) is 11.5 Å². The van der Waals surface area contributed by atoms with E-state index in [-0.39, 0.29) is 5.60 Å². The van der Waals surface area contributed by atoms with Gasteiger partial charge in [0.25, 0.3) is 0 Å². The van der Waals surface area contributed by atoms with Crippen molar-refractivity contribution in [3.63, 3.8) is 0 Å². The molecule has 1 atom stereocenters. The van der Waals surface area contributed by atoms with Crippen molar-refractivity contribution in [2.75, 3.05) is 18.5 Å². The van der Waals surface area contributed by atoms with Gasteiger partial charge in [0.2, 0.25) is 0 Å². The predicted molar refractivity (Wildman–Crippen MR) is 82.9 cm³/mol. The average molecular weight is 333 g/mol. The van der Waals surface area contributed by atoms with Crippen LogP contribution in [0, 0.1) is 11.3 Å². The van der Waals surface area contributed by atoms with Gasteiger partial charge in [0.15, 0.2) is 0 Å². The van der Waals surface area contributed by atoms with Crippen molar-refractivity contribution in [2.24, 2.45) is 11.3 Å². The Balaban J connectivity index is 1.83. The molecule has 0 aromatic rings. The van der Waals surface area contributed by atoms with Gasteiger partial charge >= 0.3 is 0 Å². The summed E-state index contributed by atoms with van der Waals surface area (Å²) in [6.07, 6.45) is 7.67. The highest BCUT2D eigenvalue weighted by Gasteiger charge is 2.39. The van der Waals surface area contributed by atoms with Crippen LogP contribution in [0.5, 0.6) is 0 Å². The van der Waals surface area contributed by atoms with Gasteiger partial charge in [0.1, 0.15) is 0 Å². The lowest BCUT2D eigenvalue weighted by molar-refractivity contribution is -0.0990. The van der Waals surface area contributed by atoms with Crippen LogP contribution in [0.4, 0.5) is 0 Å². The van der Waals surface area contributed by atoms with E-state index in [4.69, 9.17) is 9.47 Å². The van der Waals surface area contributed by atoms with Gasteiger partial charge in [0, 0.05) is 11.9 Å². The first-order valence-corrected chi connectivity index (χ1v) is 8.89. The summed E-state index contributed by atoms with van der Waals surface area (Å²) < 4.78 is 12.0. The second-order valence-corrected chi connectivity index (χ2v) is 7.96. The molecule has 0 radical (unpaired) electrons. The first-order valence-electron chi connectivity index (χ1n) is 7.77. The van der Waals surface area contributed by atoms with E-state index in [1.807, 2.05) is 0 Å². The molecule has 3 heteroatoms. The molecule has 2 rings (SSSR count). The van der Waals surface area contributed by atoms with E-state index < -0.39 is 0 Å². The van der Waals surface area contributed by atoms with Gasteiger partial charge in [-0.15, -0.1) is 0 Å². The topological polar surface area (TPSA) is 18.5 Å². The maximum absolute atomic E-state index is 6.29. The van der Waals surface area contributed by atoms with Gasteiger partial charge < -0.3 is 9.47 Å². The number of hydrogen-bond acceptors (Lipinski definition) is 2. The molecule has 0 N–H and O–H groups in total. The van der Waals surface area contributed by atoms with Crippen LogP contribution in [0.15, 0.2) is 0 Å². The molecule has 2 aliphatic rings. The Morgan fingerprint density at radius 1 is 1.21 bits per heavy atom. The molecule has 2 fully saturated rings. The summed E-state index contributed by atoms with van der Waals surface area (Å²) in [5, 5.41) is 0.962. The molecule has 0 bridgehead atoms. The van der Waals surface area contributed by atoms with Crippen molar-refractivity contribution < 1.29 is 9.47 Å². The first-order chi connectivity index (χ1) is 8.95. The fourth-order valence-electron chi connectivity index (χ4n) is 3.37. The predicted octanol–water partition coefficient (Wildman–Crippen LogP) is 4.55. The number of hydrogen-bond donors (Lipinski definition) is 0. The number of ether oxygens (including phenoxy) is 2. The standard InChI is InChI=1S/C16H29BrO2/c1-15(2,3)13-6-8-16(12-17,9-7-13)19-11-14-5-4-10-18-14/h13-14H,4-12H2,1-3H3. The monoisotopic (exact) mass is 332 g/mol. The van der Waals surface area contributed by atoms with Gasteiger partial charge in [-0.25, -0.2) is 0 Å². The van der Waals surface area contributed by atoms with Crippen molar-refractivity contribution in [3.05, 3.63) is 0 Å². The van der Waals surface area contributed by atoms with E-state index >= 15 is 0 Å². The summed E-state index contributed by atoms with van der Waals surface area (Å²) in [5.41, 5.74) is 0.501. The third kappa shape index (κ3) is 4.18. The molecule has 1 unspecified atom stereocenters. The van der Waals surface area contributed by atoms with E-state index in [0.717, 1.165) is 24.5 Å². The maximum Gasteiger partial charge on any atom is 0.0809 e. The van der Waals surface area contributed by atoms with Crippen LogP contribution in [-0.4, -0.2) is 30.2 Å². The summed E-state index contributed by atoms with van der Waals surface area (Å²) in [6, 6.07) is 0. The molecule has 1 saturated carbocycles. The maximum atomic E-state index is 6.29. The zero-order valence-electron chi connectivity index (χ0n) is 12.7. The Hall–Kier alpha value is 0.400. The Morgan fingerprint density at radius 2 is 1.89 bits per heavy atom. The van der Waals surface area contributed by atoms with Gasteiger partial charge in [-0.1, -0.05) is 36.7 Å². The average Bonchev–Trinajstić information content (AvgIpc) is 2.89. The highest BCUT2D eigenvalue weighted by atomic mass is 79.9. The molecule has 0 aromatic heterocycles. The van der Waals surface area contributed by atoms with Gasteiger partial charge in [-0.2, -0.15) is 0 Å². The third-order valence-corrected chi connectivity index (χ3v) is 5.99. The molecule has 112 valence electrons. The minimum absolute atomic E-state index is 0.0632. The molecule has 0 amide bonds. The SMILES string of the molecule is CC(C)(C)C1CCC(CBr)(OCC2CCCO2)CC1. The van der Waals surface area contributed by atoms with E-state index in [1.54, 1.807) is 0 Å². The zero-order valence-corrected chi connectivity index (χ0v) is 14.3. The Labute approximate surface area is 126 Å². The molecule has 2 nitrogen and oxygen atoms in total. The van der Waals surface area contributed by atoms with Gasteiger partial charge in [-0.05, 0) is 49.9 Å². The highest BCUT2D eigenvalue weighted by Crippen LogP contribution is 2.43. The van der Waals surface area contributed by atoms with Crippen molar-refractivity contribution in [2.45, 2.75) is 71.0 Å². The smallest absolute Gasteiger partial charge is 0.0809 e. The molecule has 0 spiro atoms. The summed E-state index contributed by atoms with van der Waals surface area (Å²) in [5.74, 6) is 0.839. The molecular weight excluding hydrogens is 304 g/mol. The van der Waals surface area contributed by atoms with Crippen molar-refractivity contribution in [1.82, 2.24) is 0 Å². The molecule has 19 heavy (non-hydrogen) atoms. The zero-order chi connectivity index (χ0) is 13.9. The molecule has 1 saturated heterocycles. The lowest BCUT2D eigenvalue weighted by atomic mass is 9.69. The van der Waals surface area contributed by atoms with Crippen LogP contribution in [0.3, 0.4) is 0 Å². The van der Waals surface area contributed by atoms with Crippen LogP contribution in [0.25, 0.3) is 0 Å². The number of rotatable bonds is 4. The molecule has 1 aliphatic carbocycles. The largest absolute Gasteiger partial charge is 0.376 e. The molecule has 1 heterocycles. The number of alkyl halides is 1. The minimum atomic E-state index is 0.0632. The fourth-order valence-corrected chi connectivity index (χ4v) is 4.09. The van der Waals surface area contributed by atoms with Crippen LogP contribution >= 0.6 is 15.9 Å². The normalized spacial score (nSPS) is 36.6. The van der Waals surface area contributed by atoms with Crippen molar-refractivity contribution >= 4 is 15.9 Å². The van der Waals surface area contributed by atoms with E-state index in [2.05, 4.69) is 36.7 Å². The van der Waals surface area contributed by atoms with Crippen LogP contribution in [-0.2, 0) is 9.47 Å². The minimum Gasteiger partial charge on any atom is -0.376 e. The summed E-state index contributed by atoms with van der Waals surface area (Å²) in [7, 11) is 0. The Morgan fingerprint density at radius 3 is 2.37 bits per heavy atom. The number of halogens is 1. The van der Waals surface area contributed by atoms with Crippen molar-refractivity contribution in [1.29, 1.82) is 0 Å². The van der Waals surface area contributed by atoms with Gasteiger partial charge in [0.05, 0.1) is 18.3 Å². The quantitative estimate of drug-likeness (QED) is 0.703. The molecular formula is C16H29BrO2. The summed E-state index contributed by atoms with van der Waals surface area (Å²) in [6.45, 7) is 8.80. The molecule has 0 aromatic carbocycles. The lowest BCUT2D eigenvalue weighted by Crippen LogP contribution is -2.42. The fraction of sp³-hybridized carbons (Fsp3) is 1.00. The van der Waals surface area contributed by atoms with E-state index in [1.165, 1.54) is 38.5 Å². The van der Waals surface area contributed by atoms with Crippen LogP contribution < -0.4 is 0 Å². The van der Waals surface area contributed by atoms with Crippen LogP contribution in [0.2, 0.25) is 0 Å². The second kappa shape index (κ2) is 6.44. The third-order valence-electron chi connectivity index (χ3n) is 4.96.